The Bertz CT molecular complexity index is 1540. The highest BCUT2D eigenvalue weighted by Gasteiger charge is 2.15. The number of rotatable bonds is 4. The summed E-state index contributed by atoms with van der Waals surface area (Å²) in [7, 11) is 0. The van der Waals surface area contributed by atoms with Crippen LogP contribution >= 0.6 is 0 Å². The molecule has 0 aliphatic rings. The van der Waals surface area contributed by atoms with Gasteiger partial charge in [-0.05, 0) is 47.2 Å². The monoisotopic (exact) mass is 433 g/mol. The van der Waals surface area contributed by atoms with E-state index in [4.69, 9.17) is 4.42 Å². The second kappa shape index (κ2) is 8.80. The number of hydrogen-bond donors (Lipinski definition) is 2. The third-order valence-corrected chi connectivity index (χ3v) is 5.23. The predicted molar refractivity (Wildman–Crippen MR) is 128 cm³/mol. The summed E-state index contributed by atoms with van der Waals surface area (Å²) >= 11 is 0. The maximum Gasteiger partial charge on any atom is 0.271 e. The van der Waals surface area contributed by atoms with Gasteiger partial charge in [0.05, 0.1) is 0 Å². The van der Waals surface area contributed by atoms with Gasteiger partial charge < -0.3 is 9.73 Å². The SMILES string of the molecule is O=C(NN=c1oc2ccc3ccccc3c2cc1C(=O)Nc1ccccc1)c1ccccc1. The number of benzene rings is 4. The summed E-state index contributed by atoms with van der Waals surface area (Å²) in [4.78, 5) is 25.7. The zero-order chi connectivity index (χ0) is 22.6. The maximum absolute atomic E-state index is 13.2. The molecule has 5 aromatic rings. The molecule has 4 aromatic carbocycles. The molecule has 0 unspecified atom stereocenters. The van der Waals surface area contributed by atoms with Crippen molar-refractivity contribution in [3.63, 3.8) is 0 Å². The number of fused-ring (bicyclic) bond motifs is 3. The first-order chi connectivity index (χ1) is 16.2. The lowest BCUT2D eigenvalue weighted by Gasteiger charge is -2.09. The number of nitrogens with one attached hydrogen (secondary N) is 2. The molecule has 5 rings (SSSR count). The minimum absolute atomic E-state index is 0.00972. The van der Waals surface area contributed by atoms with Crippen molar-refractivity contribution in [3.05, 3.63) is 120 Å². The molecule has 160 valence electrons. The van der Waals surface area contributed by atoms with Gasteiger partial charge in [-0.3, -0.25) is 9.59 Å². The zero-order valence-electron chi connectivity index (χ0n) is 17.5. The van der Waals surface area contributed by atoms with Crippen LogP contribution in [0.25, 0.3) is 21.7 Å². The van der Waals surface area contributed by atoms with E-state index in [9.17, 15) is 9.59 Å². The highest BCUT2D eigenvalue weighted by Crippen LogP contribution is 2.25. The van der Waals surface area contributed by atoms with Gasteiger partial charge in [-0.15, -0.1) is 5.10 Å². The number of nitrogens with zero attached hydrogens (tertiary/aromatic N) is 1. The number of carbonyl (C=O) groups is 2. The van der Waals surface area contributed by atoms with Crippen LogP contribution in [0.2, 0.25) is 0 Å². The average Bonchev–Trinajstić information content (AvgIpc) is 2.87. The Balaban J connectivity index is 1.62. The molecule has 2 amide bonds. The lowest BCUT2D eigenvalue weighted by Crippen LogP contribution is -2.26. The largest absolute Gasteiger partial charge is 0.436 e. The van der Waals surface area contributed by atoms with Crippen LogP contribution in [-0.4, -0.2) is 11.8 Å². The third kappa shape index (κ3) is 4.22. The molecule has 2 N–H and O–H groups in total. The van der Waals surface area contributed by atoms with E-state index in [0.29, 0.717) is 16.8 Å². The first-order valence-corrected chi connectivity index (χ1v) is 10.4. The average molecular weight is 433 g/mol. The minimum atomic E-state index is -0.404. The number of carbonyl (C=O) groups excluding carboxylic acids is 2. The Morgan fingerprint density at radius 2 is 1.39 bits per heavy atom. The van der Waals surface area contributed by atoms with Gasteiger partial charge in [-0.2, -0.15) is 0 Å². The van der Waals surface area contributed by atoms with Crippen molar-refractivity contribution in [2.75, 3.05) is 5.32 Å². The van der Waals surface area contributed by atoms with E-state index in [1.165, 1.54) is 0 Å². The van der Waals surface area contributed by atoms with E-state index in [2.05, 4.69) is 15.8 Å². The van der Waals surface area contributed by atoms with Crippen LogP contribution < -0.4 is 16.3 Å². The number of amides is 2. The topological polar surface area (TPSA) is 83.7 Å². The van der Waals surface area contributed by atoms with E-state index in [0.717, 1.165) is 16.2 Å². The molecule has 0 spiro atoms. The van der Waals surface area contributed by atoms with Crippen molar-refractivity contribution in [2.45, 2.75) is 0 Å². The van der Waals surface area contributed by atoms with Gasteiger partial charge in [0, 0.05) is 16.6 Å². The molecule has 0 atom stereocenters. The van der Waals surface area contributed by atoms with Gasteiger partial charge in [0.1, 0.15) is 11.1 Å². The Labute approximate surface area is 189 Å². The summed E-state index contributed by atoms with van der Waals surface area (Å²) in [5.41, 5.74) is 4.34. The Kier molecular flexibility index (Phi) is 5.39. The van der Waals surface area contributed by atoms with E-state index < -0.39 is 11.8 Å². The van der Waals surface area contributed by atoms with Crippen molar-refractivity contribution < 1.29 is 14.0 Å². The van der Waals surface area contributed by atoms with Crippen LogP contribution in [0.5, 0.6) is 0 Å². The number of para-hydroxylation sites is 1. The zero-order valence-corrected chi connectivity index (χ0v) is 17.5. The molecule has 0 saturated heterocycles. The van der Waals surface area contributed by atoms with Crippen LogP contribution in [0.3, 0.4) is 0 Å². The Morgan fingerprint density at radius 1 is 0.697 bits per heavy atom. The molecule has 0 aliphatic carbocycles. The summed E-state index contributed by atoms with van der Waals surface area (Å²) in [6, 6.07) is 31.2. The summed E-state index contributed by atoms with van der Waals surface area (Å²) < 4.78 is 6.00. The fraction of sp³-hybridized carbons (Fsp3) is 0. The van der Waals surface area contributed by atoms with Gasteiger partial charge in [0.15, 0.2) is 0 Å². The van der Waals surface area contributed by atoms with Crippen molar-refractivity contribution in [3.8, 4) is 0 Å². The van der Waals surface area contributed by atoms with Crippen molar-refractivity contribution in [1.29, 1.82) is 0 Å². The molecule has 6 nitrogen and oxygen atoms in total. The lowest BCUT2D eigenvalue weighted by molar-refractivity contribution is 0.0948. The van der Waals surface area contributed by atoms with Crippen molar-refractivity contribution >= 4 is 39.2 Å². The summed E-state index contributed by atoms with van der Waals surface area (Å²) in [5.74, 6) is -0.800. The molecule has 0 radical (unpaired) electrons. The highest BCUT2D eigenvalue weighted by atomic mass is 16.3. The normalized spacial score (nSPS) is 11.5. The molecular formula is C27H19N3O3. The van der Waals surface area contributed by atoms with Gasteiger partial charge in [0.25, 0.3) is 11.8 Å². The summed E-state index contributed by atoms with van der Waals surface area (Å²) in [6.45, 7) is 0. The standard InChI is InChI=1S/C27H19N3O3/c31-25(19-10-3-1-4-11-19)29-30-27-23(26(32)28-20-12-5-2-6-13-20)17-22-21-14-8-7-9-18(21)15-16-24(22)33-27/h1-17H,(H,28,32)(H,29,31). The summed E-state index contributed by atoms with van der Waals surface area (Å²) in [6.07, 6.45) is 0. The van der Waals surface area contributed by atoms with E-state index in [1.54, 1.807) is 42.5 Å². The smallest absolute Gasteiger partial charge is 0.271 e. The fourth-order valence-corrected chi connectivity index (χ4v) is 3.60. The molecule has 0 saturated carbocycles. The lowest BCUT2D eigenvalue weighted by atomic mass is 10.0. The third-order valence-electron chi connectivity index (χ3n) is 5.23. The van der Waals surface area contributed by atoms with Gasteiger partial charge in [-0.25, -0.2) is 5.43 Å². The van der Waals surface area contributed by atoms with Crippen LogP contribution in [0, 0.1) is 0 Å². The van der Waals surface area contributed by atoms with Crippen LogP contribution in [-0.2, 0) is 0 Å². The minimum Gasteiger partial charge on any atom is -0.436 e. The Morgan fingerprint density at radius 3 is 2.18 bits per heavy atom. The second-order valence-electron chi connectivity index (χ2n) is 7.40. The maximum atomic E-state index is 13.2. The number of anilines is 1. The van der Waals surface area contributed by atoms with E-state index in [1.807, 2.05) is 60.7 Å². The van der Waals surface area contributed by atoms with Crippen molar-refractivity contribution in [1.82, 2.24) is 5.43 Å². The molecule has 6 heteroatoms. The quantitative estimate of drug-likeness (QED) is 0.306. The van der Waals surface area contributed by atoms with Gasteiger partial charge in [-0.1, -0.05) is 66.7 Å². The first-order valence-electron chi connectivity index (χ1n) is 10.4. The highest BCUT2D eigenvalue weighted by molar-refractivity contribution is 6.10. The number of hydrogen-bond acceptors (Lipinski definition) is 4. The molecule has 0 bridgehead atoms. The molecule has 1 aromatic heterocycles. The molecule has 33 heavy (non-hydrogen) atoms. The van der Waals surface area contributed by atoms with Crippen LogP contribution in [0.15, 0.2) is 113 Å². The fourth-order valence-electron chi connectivity index (χ4n) is 3.60. The molecule has 0 aliphatic heterocycles. The second-order valence-corrected chi connectivity index (χ2v) is 7.40. The molecular weight excluding hydrogens is 414 g/mol. The van der Waals surface area contributed by atoms with Crippen molar-refractivity contribution in [2.24, 2.45) is 5.10 Å². The van der Waals surface area contributed by atoms with E-state index >= 15 is 0 Å². The molecule has 0 fully saturated rings. The van der Waals surface area contributed by atoms with Gasteiger partial charge in [0.2, 0.25) is 5.55 Å². The van der Waals surface area contributed by atoms with Crippen LogP contribution in [0.1, 0.15) is 20.7 Å². The van der Waals surface area contributed by atoms with E-state index in [-0.39, 0.29) is 11.1 Å². The molecule has 1 heterocycles. The summed E-state index contributed by atoms with van der Waals surface area (Å²) in [5, 5.41) is 9.76. The van der Waals surface area contributed by atoms with Gasteiger partial charge >= 0.3 is 0 Å². The predicted octanol–water partition coefficient (Wildman–Crippen LogP) is 5.08. The Hall–Kier alpha value is -4.71. The first kappa shape index (κ1) is 20.2. The van der Waals surface area contributed by atoms with Crippen LogP contribution in [0.4, 0.5) is 5.69 Å².